The van der Waals surface area contributed by atoms with Gasteiger partial charge in [0, 0.05) is 38.9 Å². The highest BCUT2D eigenvalue weighted by atomic mass is 35.5. The Hall–Kier alpha value is -3.97. The third-order valence-corrected chi connectivity index (χ3v) is 10.4. The molecule has 2 aromatic heterocycles. The first-order valence-corrected chi connectivity index (χ1v) is 16.4. The Balaban J connectivity index is 1.14. The minimum absolute atomic E-state index is 0.00797. The lowest BCUT2D eigenvalue weighted by molar-refractivity contribution is -0.182. The second-order valence-corrected chi connectivity index (χ2v) is 13.5. The fourth-order valence-electron chi connectivity index (χ4n) is 6.82. The molecule has 4 aromatic rings. The summed E-state index contributed by atoms with van der Waals surface area (Å²) in [5, 5.41) is 16.1. The number of nitrogens with one attached hydrogen (secondary N) is 4. The molecular weight excluding hydrogens is 656 g/mol. The van der Waals surface area contributed by atoms with Crippen LogP contribution in [0.3, 0.4) is 0 Å². The molecule has 3 heterocycles. The van der Waals surface area contributed by atoms with E-state index in [1.807, 2.05) is 17.7 Å². The van der Waals surface area contributed by atoms with Crippen molar-refractivity contribution >= 4 is 63.4 Å². The lowest BCUT2D eigenvalue weighted by Gasteiger charge is -2.31. The standard InChI is InChI=1S/C32H33Cl2F3N8O2/c1-44-26-12-25(45-14-17-10-18(17)15-45)21(29(46)40-20-5-3-19(4-6-20)32(35,36)37)11-24(26)41-31(44)42-28-22(33)7-2-16(27(28)34)13-38-30(47)23-8-9-39-43-23/h2,7-9,11-12,17-20H,3-6,10,13-15H2,1H3,(H,38,47)(H,39,43)(H,40,46)(H,41,42). The largest absolute Gasteiger partial charge is 0.391 e. The lowest BCUT2D eigenvalue weighted by Crippen LogP contribution is -2.40. The van der Waals surface area contributed by atoms with Gasteiger partial charge in [0.25, 0.3) is 11.8 Å². The number of hydrogen-bond acceptors (Lipinski definition) is 6. The van der Waals surface area contributed by atoms with E-state index in [1.165, 1.54) is 12.6 Å². The zero-order valence-corrected chi connectivity index (χ0v) is 26.9. The molecule has 0 radical (unpaired) electrons. The number of amides is 2. The molecule has 2 unspecified atom stereocenters. The fraction of sp³-hybridized carbons (Fsp3) is 0.438. The van der Waals surface area contributed by atoms with Crippen molar-refractivity contribution in [2.75, 3.05) is 23.3 Å². The van der Waals surface area contributed by atoms with Crippen LogP contribution >= 0.6 is 23.2 Å². The molecule has 15 heteroatoms. The highest BCUT2D eigenvalue weighted by Gasteiger charge is 2.46. The quantitative estimate of drug-likeness (QED) is 0.166. The molecule has 1 saturated heterocycles. The van der Waals surface area contributed by atoms with Crippen molar-refractivity contribution in [3.8, 4) is 0 Å². The van der Waals surface area contributed by atoms with Gasteiger partial charge in [0.05, 0.1) is 43.9 Å². The van der Waals surface area contributed by atoms with Crippen LogP contribution in [0.1, 0.15) is 58.5 Å². The number of nitrogens with zero attached hydrogens (tertiary/aromatic N) is 4. The first kappa shape index (κ1) is 31.6. The summed E-state index contributed by atoms with van der Waals surface area (Å²) in [6, 6.07) is 8.36. The molecule has 47 heavy (non-hydrogen) atoms. The van der Waals surface area contributed by atoms with Gasteiger partial charge in [-0.15, -0.1) is 0 Å². The van der Waals surface area contributed by atoms with Gasteiger partial charge < -0.3 is 25.4 Å². The zero-order chi connectivity index (χ0) is 33.0. The number of aromatic nitrogens is 4. The molecule has 248 valence electrons. The molecule has 0 bridgehead atoms. The highest BCUT2D eigenvalue weighted by molar-refractivity contribution is 6.39. The number of alkyl halides is 3. The second-order valence-electron chi connectivity index (χ2n) is 12.8. The Morgan fingerprint density at radius 1 is 1.04 bits per heavy atom. The number of imidazole rings is 1. The predicted molar refractivity (Wildman–Crippen MR) is 173 cm³/mol. The summed E-state index contributed by atoms with van der Waals surface area (Å²) in [6.45, 7) is 1.85. The zero-order valence-electron chi connectivity index (χ0n) is 25.4. The van der Waals surface area contributed by atoms with Crippen LogP contribution in [0, 0.1) is 17.8 Å². The van der Waals surface area contributed by atoms with Gasteiger partial charge in [-0.25, -0.2) is 4.98 Å². The van der Waals surface area contributed by atoms with Gasteiger partial charge in [0.15, 0.2) is 0 Å². The van der Waals surface area contributed by atoms with Gasteiger partial charge in [0.2, 0.25) is 5.95 Å². The van der Waals surface area contributed by atoms with Crippen molar-refractivity contribution in [3.63, 3.8) is 0 Å². The number of halogens is 5. The molecule has 3 fully saturated rings. The molecular formula is C32H33Cl2F3N8O2. The van der Waals surface area contributed by atoms with Crippen molar-refractivity contribution < 1.29 is 22.8 Å². The predicted octanol–water partition coefficient (Wildman–Crippen LogP) is 6.58. The molecule has 2 aromatic carbocycles. The van der Waals surface area contributed by atoms with Crippen LogP contribution in [0.2, 0.25) is 10.0 Å². The summed E-state index contributed by atoms with van der Waals surface area (Å²) in [5.74, 6) is -0.303. The van der Waals surface area contributed by atoms with Crippen LogP contribution in [-0.2, 0) is 13.6 Å². The van der Waals surface area contributed by atoms with Crippen LogP contribution in [0.4, 0.5) is 30.5 Å². The number of H-pyrrole nitrogens is 1. The van der Waals surface area contributed by atoms with E-state index in [0.29, 0.717) is 55.9 Å². The first-order valence-electron chi connectivity index (χ1n) is 15.6. The van der Waals surface area contributed by atoms with Crippen LogP contribution in [0.15, 0.2) is 36.5 Å². The van der Waals surface area contributed by atoms with E-state index < -0.39 is 12.1 Å². The summed E-state index contributed by atoms with van der Waals surface area (Å²) < 4.78 is 41.5. The van der Waals surface area contributed by atoms with Gasteiger partial charge in [-0.05, 0) is 73.8 Å². The fourth-order valence-corrected chi connectivity index (χ4v) is 7.35. The van der Waals surface area contributed by atoms with Crippen LogP contribution in [-0.4, -0.2) is 56.9 Å². The lowest BCUT2D eigenvalue weighted by atomic mass is 9.85. The van der Waals surface area contributed by atoms with E-state index in [1.54, 1.807) is 24.3 Å². The number of hydrogen-bond donors (Lipinski definition) is 4. The molecule has 7 rings (SSSR count). The van der Waals surface area contributed by atoms with Gasteiger partial charge in [0.1, 0.15) is 5.69 Å². The van der Waals surface area contributed by atoms with Crippen molar-refractivity contribution in [2.45, 2.75) is 50.9 Å². The molecule has 2 saturated carbocycles. The Bertz CT molecular complexity index is 1830. The van der Waals surface area contributed by atoms with Gasteiger partial charge in [-0.2, -0.15) is 18.3 Å². The summed E-state index contributed by atoms with van der Waals surface area (Å²) in [6.07, 6.45) is -0.945. The molecule has 3 aliphatic rings. The van der Waals surface area contributed by atoms with Crippen molar-refractivity contribution in [1.29, 1.82) is 0 Å². The Kier molecular flexibility index (Phi) is 8.23. The molecule has 1 aliphatic heterocycles. The number of carbonyl (C=O) groups is 2. The molecule has 10 nitrogen and oxygen atoms in total. The normalized spacial score (nSPS) is 22.3. The topological polar surface area (TPSA) is 120 Å². The maximum absolute atomic E-state index is 13.7. The van der Waals surface area contributed by atoms with Crippen LogP contribution in [0.25, 0.3) is 11.0 Å². The number of aromatic amines is 1. The average molecular weight is 690 g/mol. The minimum atomic E-state index is -4.21. The maximum Gasteiger partial charge on any atom is 0.391 e. The molecule has 2 aliphatic carbocycles. The smallest absolute Gasteiger partial charge is 0.370 e. The first-order chi connectivity index (χ1) is 22.5. The van der Waals surface area contributed by atoms with E-state index in [4.69, 9.17) is 28.2 Å². The molecule has 4 N–H and O–H groups in total. The average Bonchev–Trinajstić information content (AvgIpc) is 3.38. The van der Waals surface area contributed by atoms with E-state index in [0.717, 1.165) is 24.3 Å². The third kappa shape index (κ3) is 6.34. The Morgan fingerprint density at radius 2 is 1.79 bits per heavy atom. The van der Waals surface area contributed by atoms with Crippen LogP contribution < -0.4 is 20.9 Å². The van der Waals surface area contributed by atoms with E-state index in [2.05, 4.69) is 31.0 Å². The van der Waals surface area contributed by atoms with Crippen molar-refractivity contribution in [2.24, 2.45) is 24.8 Å². The maximum atomic E-state index is 13.7. The van der Waals surface area contributed by atoms with Gasteiger partial charge in [-0.1, -0.05) is 29.3 Å². The number of carbonyl (C=O) groups excluding carboxylic acids is 2. The summed E-state index contributed by atoms with van der Waals surface area (Å²) in [5.41, 5.74) is 3.93. The third-order valence-electron chi connectivity index (χ3n) is 9.68. The molecule has 2 amide bonds. The SMILES string of the molecule is Cn1c(Nc2c(Cl)ccc(CNC(=O)c3ccn[nH]3)c2Cl)nc2cc(C(=O)NC3CCC(C(F)(F)F)CC3)c(N3CC4CC4C3)cc21. The Morgan fingerprint density at radius 3 is 2.47 bits per heavy atom. The van der Waals surface area contributed by atoms with Gasteiger partial charge in [-0.3, -0.25) is 14.7 Å². The number of aryl methyl sites for hydroxylation is 1. The molecule has 0 spiro atoms. The second kappa shape index (κ2) is 12.2. The number of fused-ring (bicyclic) bond motifs is 2. The summed E-state index contributed by atoms with van der Waals surface area (Å²) in [7, 11) is 1.85. The van der Waals surface area contributed by atoms with E-state index in [-0.39, 0.29) is 50.1 Å². The number of benzene rings is 2. The Labute approximate surface area is 278 Å². The number of anilines is 3. The number of piperidine rings is 1. The number of rotatable bonds is 8. The minimum Gasteiger partial charge on any atom is -0.370 e. The summed E-state index contributed by atoms with van der Waals surface area (Å²) in [4.78, 5) is 33.1. The summed E-state index contributed by atoms with van der Waals surface area (Å²) >= 11 is 13.3. The van der Waals surface area contributed by atoms with Crippen molar-refractivity contribution in [1.82, 2.24) is 30.4 Å². The monoisotopic (exact) mass is 688 g/mol. The molecule has 2 atom stereocenters. The van der Waals surface area contributed by atoms with Crippen LogP contribution in [0.5, 0.6) is 0 Å². The van der Waals surface area contributed by atoms with Crippen molar-refractivity contribution in [3.05, 3.63) is 63.4 Å². The van der Waals surface area contributed by atoms with E-state index in [9.17, 15) is 22.8 Å². The highest BCUT2D eigenvalue weighted by Crippen LogP contribution is 2.47. The van der Waals surface area contributed by atoms with E-state index >= 15 is 0 Å². The van der Waals surface area contributed by atoms with Gasteiger partial charge >= 0.3 is 6.18 Å².